The fourth-order valence-corrected chi connectivity index (χ4v) is 5.16. The van der Waals surface area contributed by atoms with Crippen LogP contribution in [0, 0.1) is 0 Å². The molecule has 3 nitrogen and oxygen atoms in total. The minimum Gasteiger partial charge on any atom is -0.374 e. The Bertz CT molecular complexity index is 1100. The molecule has 2 aromatic rings. The first kappa shape index (κ1) is 28.4. The summed E-state index contributed by atoms with van der Waals surface area (Å²) < 4.78 is 0. The van der Waals surface area contributed by atoms with Gasteiger partial charge in [-0.15, -0.1) is 0 Å². The highest BCUT2D eigenvalue weighted by Gasteiger charge is 2.20. The third-order valence-corrected chi connectivity index (χ3v) is 7.47. The zero-order valence-electron chi connectivity index (χ0n) is 23.9. The summed E-state index contributed by atoms with van der Waals surface area (Å²) in [6.45, 7) is 18.3. The summed E-state index contributed by atoms with van der Waals surface area (Å²) in [5.41, 5.74) is 9.81. The predicted octanol–water partition coefficient (Wildman–Crippen LogP) is 8.86. The normalized spacial score (nSPS) is 14.5. The van der Waals surface area contributed by atoms with Gasteiger partial charge in [-0.3, -0.25) is 0 Å². The van der Waals surface area contributed by atoms with Gasteiger partial charge in [0.1, 0.15) is 0 Å². The van der Waals surface area contributed by atoms with Crippen molar-refractivity contribution < 1.29 is 0 Å². The number of rotatable bonds is 12. The van der Waals surface area contributed by atoms with E-state index < -0.39 is 0 Å². The standard InChI is InChI=1S/C34H47N3/c1-8-15-29(16-9-2)30-20-18-28(19-21-30)27(5)36(7)31-22-23-33(35(6)11-4)32(26-31)34(17-10-3)37-24-13-12-14-25-37/h10,15,17-23,26H,3,5,8-9,11-14,16,24-25H2,1-2,4,6-7H3/b29-15+,34-17+. The maximum Gasteiger partial charge on any atom is 0.0461 e. The molecule has 0 saturated carbocycles. The number of hydrogen-bond donors (Lipinski definition) is 0. The Labute approximate surface area is 226 Å². The Hall–Kier alpha value is -3.20. The van der Waals surface area contributed by atoms with E-state index in [1.165, 1.54) is 47.3 Å². The zero-order valence-corrected chi connectivity index (χ0v) is 23.9. The van der Waals surface area contributed by atoms with Crippen LogP contribution in [0.1, 0.15) is 76.0 Å². The first-order valence-electron chi connectivity index (χ1n) is 14.1. The van der Waals surface area contributed by atoms with Crippen LogP contribution in [0.15, 0.2) is 73.9 Å². The molecule has 0 amide bonds. The van der Waals surface area contributed by atoms with Crippen LogP contribution in [-0.4, -0.2) is 38.6 Å². The molecule has 0 radical (unpaired) electrons. The largest absolute Gasteiger partial charge is 0.374 e. The SMILES string of the molecule is C=C/C=C(\c1cc(N(C)C(=C)c2ccc(/C(=C/CC)CCC)cc2)ccc1N(C)CC)N1CCCCC1. The van der Waals surface area contributed by atoms with Crippen LogP contribution in [0.25, 0.3) is 17.0 Å². The van der Waals surface area contributed by atoms with Gasteiger partial charge in [-0.25, -0.2) is 0 Å². The lowest BCUT2D eigenvalue weighted by atomic mass is 9.98. The molecule has 0 unspecified atom stereocenters. The molecule has 0 N–H and O–H groups in total. The molecule has 1 heterocycles. The fourth-order valence-electron chi connectivity index (χ4n) is 5.16. The van der Waals surface area contributed by atoms with Gasteiger partial charge < -0.3 is 14.7 Å². The molecule has 3 heteroatoms. The van der Waals surface area contributed by atoms with E-state index >= 15 is 0 Å². The summed E-state index contributed by atoms with van der Waals surface area (Å²) in [5.74, 6) is 0. The Balaban J connectivity index is 1.95. The lowest BCUT2D eigenvalue weighted by Gasteiger charge is -2.34. The highest BCUT2D eigenvalue weighted by atomic mass is 15.2. The van der Waals surface area contributed by atoms with E-state index in [9.17, 15) is 0 Å². The summed E-state index contributed by atoms with van der Waals surface area (Å²) in [4.78, 5) is 7.07. The van der Waals surface area contributed by atoms with Crippen LogP contribution in [0.5, 0.6) is 0 Å². The number of allylic oxidation sites excluding steroid dienone is 4. The van der Waals surface area contributed by atoms with Gasteiger partial charge in [-0.05, 0) is 80.0 Å². The van der Waals surface area contributed by atoms with Crippen LogP contribution in [-0.2, 0) is 0 Å². The highest BCUT2D eigenvalue weighted by Crippen LogP contribution is 2.36. The molecule has 3 rings (SSSR count). The average Bonchev–Trinajstić information content (AvgIpc) is 2.95. The van der Waals surface area contributed by atoms with Crippen molar-refractivity contribution in [2.45, 2.75) is 59.3 Å². The topological polar surface area (TPSA) is 9.72 Å². The number of hydrogen-bond acceptors (Lipinski definition) is 3. The van der Waals surface area contributed by atoms with Crippen LogP contribution >= 0.6 is 0 Å². The van der Waals surface area contributed by atoms with Gasteiger partial charge in [0, 0.05) is 62.1 Å². The molecule has 198 valence electrons. The van der Waals surface area contributed by atoms with E-state index in [0.29, 0.717) is 0 Å². The quantitative estimate of drug-likeness (QED) is 0.271. The summed E-state index contributed by atoms with van der Waals surface area (Å²) in [6.07, 6.45) is 13.6. The van der Waals surface area contributed by atoms with Gasteiger partial charge in [0.25, 0.3) is 0 Å². The summed E-state index contributed by atoms with van der Waals surface area (Å²) in [6, 6.07) is 15.7. The molecular weight excluding hydrogens is 450 g/mol. The van der Waals surface area contributed by atoms with E-state index in [1.54, 1.807) is 0 Å². The molecule has 0 bridgehead atoms. The molecule has 1 saturated heterocycles. The Kier molecular flexibility index (Phi) is 10.7. The predicted molar refractivity (Wildman–Crippen MR) is 166 cm³/mol. The van der Waals surface area contributed by atoms with Gasteiger partial charge in [0.05, 0.1) is 0 Å². The van der Waals surface area contributed by atoms with E-state index in [1.807, 2.05) is 6.08 Å². The molecule has 2 aromatic carbocycles. The van der Waals surface area contributed by atoms with Crippen LogP contribution in [0.2, 0.25) is 0 Å². The number of anilines is 2. The van der Waals surface area contributed by atoms with Gasteiger partial charge >= 0.3 is 0 Å². The van der Waals surface area contributed by atoms with Crippen molar-refractivity contribution in [1.82, 2.24) is 4.90 Å². The molecule has 1 fully saturated rings. The first-order valence-corrected chi connectivity index (χ1v) is 14.1. The maximum absolute atomic E-state index is 4.48. The van der Waals surface area contributed by atoms with Crippen LogP contribution in [0.4, 0.5) is 11.4 Å². The minimum atomic E-state index is 0.953. The first-order chi connectivity index (χ1) is 17.9. The van der Waals surface area contributed by atoms with E-state index in [2.05, 4.69) is 117 Å². The molecule has 0 atom stereocenters. The number of benzene rings is 2. The molecule has 1 aliphatic heterocycles. The summed E-state index contributed by atoms with van der Waals surface area (Å²) in [7, 11) is 4.29. The van der Waals surface area contributed by atoms with Gasteiger partial charge in [0.2, 0.25) is 0 Å². The Morgan fingerprint density at radius 2 is 1.62 bits per heavy atom. The lowest BCUT2D eigenvalue weighted by molar-refractivity contribution is 0.326. The Morgan fingerprint density at radius 3 is 2.22 bits per heavy atom. The average molecular weight is 498 g/mol. The second kappa shape index (κ2) is 13.9. The number of piperidine rings is 1. The molecule has 0 spiro atoms. The molecule has 1 aliphatic rings. The van der Waals surface area contributed by atoms with Crippen LogP contribution < -0.4 is 9.80 Å². The summed E-state index contributed by atoms with van der Waals surface area (Å²) >= 11 is 0. The molecule has 0 aliphatic carbocycles. The number of likely N-dealkylation sites (tertiary alicyclic amines) is 1. The van der Waals surface area contributed by atoms with Crippen molar-refractivity contribution in [3.8, 4) is 0 Å². The van der Waals surface area contributed by atoms with Crippen molar-refractivity contribution in [3.63, 3.8) is 0 Å². The molecular formula is C34H47N3. The molecule has 37 heavy (non-hydrogen) atoms. The van der Waals surface area contributed by atoms with Crippen molar-refractivity contribution in [2.24, 2.45) is 0 Å². The zero-order chi connectivity index (χ0) is 26.8. The van der Waals surface area contributed by atoms with Gasteiger partial charge in [-0.1, -0.05) is 69.8 Å². The van der Waals surface area contributed by atoms with Crippen LogP contribution in [0.3, 0.4) is 0 Å². The van der Waals surface area contributed by atoms with E-state index in [-0.39, 0.29) is 0 Å². The van der Waals surface area contributed by atoms with Crippen molar-refractivity contribution >= 4 is 28.3 Å². The molecule has 0 aromatic heterocycles. The van der Waals surface area contributed by atoms with Gasteiger partial charge in [-0.2, -0.15) is 0 Å². The maximum atomic E-state index is 4.48. The monoisotopic (exact) mass is 497 g/mol. The van der Waals surface area contributed by atoms with Crippen molar-refractivity contribution in [2.75, 3.05) is 43.5 Å². The third-order valence-electron chi connectivity index (χ3n) is 7.47. The smallest absolute Gasteiger partial charge is 0.0461 e. The second-order valence-electron chi connectivity index (χ2n) is 10.0. The lowest BCUT2D eigenvalue weighted by Crippen LogP contribution is -2.29. The van der Waals surface area contributed by atoms with Gasteiger partial charge in [0.15, 0.2) is 0 Å². The summed E-state index contributed by atoms with van der Waals surface area (Å²) in [5, 5.41) is 0. The second-order valence-corrected chi connectivity index (χ2v) is 10.0. The Morgan fingerprint density at radius 1 is 0.946 bits per heavy atom. The highest BCUT2D eigenvalue weighted by molar-refractivity contribution is 5.84. The van der Waals surface area contributed by atoms with E-state index in [0.717, 1.165) is 55.8 Å². The number of nitrogens with zero attached hydrogens (tertiary/aromatic N) is 3. The van der Waals surface area contributed by atoms with Crippen molar-refractivity contribution in [3.05, 3.63) is 90.5 Å². The van der Waals surface area contributed by atoms with E-state index in [4.69, 9.17) is 0 Å². The third kappa shape index (κ3) is 6.97. The fraction of sp³-hybridized carbons (Fsp3) is 0.412. The van der Waals surface area contributed by atoms with Crippen molar-refractivity contribution in [1.29, 1.82) is 0 Å². The minimum absolute atomic E-state index is 0.953.